The predicted molar refractivity (Wildman–Crippen MR) is 132 cm³/mol. The molecule has 0 aliphatic carbocycles. The number of carbonyl (C=O) groups is 2. The maximum absolute atomic E-state index is 13.1. The zero-order valence-corrected chi connectivity index (χ0v) is 22.5. The molecule has 0 amide bonds. The molecule has 6 N–H and O–H groups in total. The van der Waals surface area contributed by atoms with Crippen LogP contribution in [0.1, 0.15) is 20.3 Å². The van der Waals surface area contributed by atoms with Gasteiger partial charge in [0.25, 0.3) is 0 Å². The van der Waals surface area contributed by atoms with Crippen LogP contribution < -0.4 is 17.2 Å². The Morgan fingerprint density at radius 2 is 1.72 bits per heavy atom. The summed E-state index contributed by atoms with van der Waals surface area (Å²) in [5, 5.41) is 0. The molecule has 2 aromatic heterocycles. The molecular weight excluding hydrogens is 565 g/mol. The van der Waals surface area contributed by atoms with E-state index in [4.69, 9.17) is 40.5 Å². The van der Waals surface area contributed by atoms with Crippen LogP contribution in [-0.4, -0.2) is 82.9 Å². The summed E-state index contributed by atoms with van der Waals surface area (Å²) in [5.41, 5.74) is 17.8. The largest absolute Gasteiger partial charge is 0.462 e. The number of nitrogen functional groups attached to an aromatic ring is 1. The van der Waals surface area contributed by atoms with Crippen LogP contribution in [0.25, 0.3) is 11.2 Å². The van der Waals surface area contributed by atoms with Gasteiger partial charge < -0.3 is 45.0 Å². The number of aromatic nitrogens is 4. The minimum atomic E-state index is -3.82. The summed E-state index contributed by atoms with van der Waals surface area (Å²) >= 11 is 3.34. The highest BCUT2D eigenvalue weighted by Crippen LogP contribution is 2.48. The first-order chi connectivity index (χ1) is 17.1. The topological polar surface area (TPSA) is 219 Å². The van der Waals surface area contributed by atoms with E-state index in [1.54, 1.807) is 11.5 Å². The van der Waals surface area contributed by atoms with Crippen LogP contribution in [0.5, 0.6) is 0 Å². The number of rotatable bonds is 16. The van der Waals surface area contributed by atoms with Crippen molar-refractivity contribution in [1.82, 2.24) is 19.5 Å². The van der Waals surface area contributed by atoms with E-state index in [9.17, 15) is 14.2 Å². The highest BCUT2D eigenvalue weighted by molar-refractivity contribution is 9.10. The molecule has 3 atom stereocenters. The molecule has 2 rings (SSSR count). The zero-order valence-electron chi connectivity index (χ0n) is 20.0. The molecule has 15 nitrogen and oxygen atoms in total. The number of hydrogen-bond acceptors (Lipinski definition) is 14. The lowest BCUT2D eigenvalue weighted by Gasteiger charge is -2.19. The van der Waals surface area contributed by atoms with Gasteiger partial charge in [0.2, 0.25) is 0 Å². The summed E-state index contributed by atoms with van der Waals surface area (Å²) in [7, 11) is -3.82. The average molecular weight is 596 g/mol. The lowest BCUT2D eigenvalue weighted by atomic mass is 10.2. The molecule has 0 bridgehead atoms. The predicted octanol–water partition coefficient (Wildman–Crippen LogP) is 0.542. The number of anilines is 1. The molecule has 0 saturated heterocycles. The molecule has 202 valence electrons. The second-order valence-electron chi connectivity index (χ2n) is 7.42. The van der Waals surface area contributed by atoms with Gasteiger partial charge in [-0.25, -0.2) is 15.0 Å². The second-order valence-corrected chi connectivity index (χ2v) is 10.1. The summed E-state index contributed by atoms with van der Waals surface area (Å²) in [6, 6.07) is -1.56. The molecule has 0 saturated carbocycles. The summed E-state index contributed by atoms with van der Waals surface area (Å²) in [4.78, 5) is 35.5. The van der Waals surface area contributed by atoms with E-state index < -0.39 is 38.0 Å². The van der Waals surface area contributed by atoms with Crippen molar-refractivity contribution < 1.29 is 37.4 Å². The van der Waals surface area contributed by atoms with Crippen LogP contribution in [0.2, 0.25) is 0 Å². The van der Waals surface area contributed by atoms with Crippen molar-refractivity contribution in [3.8, 4) is 0 Å². The van der Waals surface area contributed by atoms with Gasteiger partial charge in [0.15, 0.2) is 21.7 Å². The molecule has 0 radical (unpaired) electrons. The molecule has 1 unspecified atom stereocenters. The highest BCUT2D eigenvalue weighted by Gasteiger charge is 2.26. The standard InChI is InChI=1S/C19H31BrN7O8P/c1-3-13(22)18(29)33-7-9-35-36(30,34-8-6-32-17(28)12(2)21)11-31-5-4-27-16-14(26-19(27)20)15(23)24-10-25-16/h10,12-13H,3-9,11,21-22H2,1-2H3,(H2,23,24,25)/t12-,13-,36?/m0/s1. The number of esters is 2. The fourth-order valence-electron chi connectivity index (χ4n) is 2.61. The van der Waals surface area contributed by atoms with Gasteiger partial charge in [0.05, 0.1) is 26.4 Å². The first kappa shape index (κ1) is 30.0. The fourth-order valence-corrected chi connectivity index (χ4v) is 4.42. The Labute approximate surface area is 216 Å². The maximum Gasteiger partial charge on any atom is 0.356 e. The van der Waals surface area contributed by atoms with E-state index in [0.717, 1.165) is 0 Å². The van der Waals surface area contributed by atoms with E-state index in [1.807, 2.05) is 0 Å². The Kier molecular flexibility index (Phi) is 12.1. The Hall–Kier alpha value is -2.20. The van der Waals surface area contributed by atoms with Gasteiger partial charge in [-0.2, -0.15) is 0 Å². The molecule has 0 fully saturated rings. The Bertz CT molecular complexity index is 1070. The third-order valence-corrected chi connectivity index (χ3v) is 6.82. The molecule has 2 aromatic rings. The number of imidazole rings is 1. The number of hydrogen-bond donors (Lipinski definition) is 3. The number of fused-ring (bicyclic) bond motifs is 1. The van der Waals surface area contributed by atoms with Gasteiger partial charge in [-0.1, -0.05) is 6.92 Å². The van der Waals surface area contributed by atoms with Crippen molar-refractivity contribution in [3.63, 3.8) is 0 Å². The lowest BCUT2D eigenvalue weighted by Crippen LogP contribution is -2.32. The molecule has 0 aromatic carbocycles. The van der Waals surface area contributed by atoms with E-state index in [-0.39, 0.29) is 45.4 Å². The van der Waals surface area contributed by atoms with Crippen molar-refractivity contribution in [1.29, 1.82) is 0 Å². The smallest absolute Gasteiger partial charge is 0.356 e. The van der Waals surface area contributed by atoms with Gasteiger partial charge in [-0.15, -0.1) is 0 Å². The fraction of sp³-hybridized carbons (Fsp3) is 0.632. The minimum Gasteiger partial charge on any atom is -0.462 e. The monoisotopic (exact) mass is 595 g/mol. The highest BCUT2D eigenvalue weighted by atomic mass is 79.9. The van der Waals surface area contributed by atoms with E-state index in [1.165, 1.54) is 13.3 Å². The molecule has 36 heavy (non-hydrogen) atoms. The summed E-state index contributed by atoms with van der Waals surface area (Å²) in [5.74, 6) is -0.997. The minimum absolute atomic E-state index is 0.0880. The van der Waals surface area contributed by atoms with Crippen molar-refractivity contribution in [3.05, 3.63) is 11.1 Å². The summed E-state index contributed by atoms with van der Waals surface area (Å²) < 4.78 is 41.4. The quantitative estimate of drug-likeness (QED) is 0.104. The summed E-state index contributed by atoms with van der Waals surface area (Å²) in [6.45, 7) is 2.75. The van der Waals surface area contributed by atoms with Crippen LogP contribution in [-0.2, 0) is 44.0 Å². The molecule has 0 spiro atoms. The van der Waals surface area contributed by atoms with Crippen molar-refractivity contribution in [2.24, 2.45) is 11.5 Å². The molecule has 0 aliphatic heterocycles. The van der Waals surface area contributed by atoms with Crippen LogP contribution in [0.4, 0.5) is 5.82 Å². The average Bonchev–Trinajstić information content (AvgIpc) is 3.17. The number of carbonyl (C=O) groups excluding carboxylic acids is 2. The van der Waals surface area contributed by atoms with Crippen molar-refractivity contribution >= 4 is 52.4 Å². The van der Waals surface area contributed by atoms with Gasteiger partial charge in [-0.05, 0) is 29.3 Å². The van der Waals surface area contributed by atoms with Gasteiger partial charge in [0, 0.05) is 0 Å². The number of halogens is 1. The first-order valence-electron chi connectivity index (χ1n) is 11.0. The SMILES string of the molecule is CC[C@H](N)C(=O)OCCOP(=O)(COCCn1c(Br)nc2c(N)ncnc21)OCCOC(=O)[C@H](C)N. The lowest BCUT2D eigenvalue weighted by molar-refractivity contribution is -0.146. The van der Waals surface area contributed by atoms with Crippen LogP contribution in [0, 0.1) is 0 Å². The van der Waals surface area contributed by atoms with Crippen molar-refractivity contribution in [2.75, 3.05) is 45.1 Å². The number of nitrogens with two attached hydrogens (primary N) is 3. The zero-order chi connectivity index (χ0) is 26.7. The third-order valence-electron chi connectivity index (χ3n) is 4.57. The van der Waals surface area contributed by atoms with Gasteiger partial charge in [0.1, 0.15) is 38.0 Å². The Balaban J connectivity index is 1.91. The van der Waals surface area contributed by atoms with Crippen LogP contribution in [0.3, 0.4) is 0 Å². The van der Waals surface area contributed by atoms with Gasteiger partial charge >= 0.3 is 19.5 Å². The Morgan fingerprint density at radius 1 is 1.08 bits per heavy atom. The molecular formula is C19H31BrN7O8P. The van der Waals surface area contributed by atoms with Crippen molar-refractivity contribution in [2.45, 2.75) is 38.9 Å². The summed E-state index contributed by atoms with van der Waals surface area (Å²) in [6.07, 6.45) is 1.31. The Morgan fingerprint density at radius 3 is 2.33 bits per heavy atom. The van der Waals surface area contributed by atoms with Gasteiger partial charge in [-0.3, -0.25) is 14.2 Å². The maximum atomic E-state index is 13.1. The van der Waals surface area contributed by atoms with E-state index in [2.05, 4.69) is 30.9 Å². The normalized spacial score (nSPS) is 14.8. The second kappa shape index (κ2) is 14.5. The number of ether oxygens (including phenoxy) is 3. The van der Waals surface area contributed by atoms with E-state index in [0.29, 0.717) is 22.3 Å². The molecule has 2 heterocycles. The first-order valence-corrected chi connectivity index (χ1v) is 13.5. The molecule has 0 aliphatic rings. The van der Waals surface area contributed by atoms with E-state index >= 15 is 0 Å². The molecule has 17 heteroatoms. The number of nitrogens with zero attached hydrogens (tertiary/aromatic N) is 4. The van der Waals surface area contributed by atoms with Crippen LogP contribution in [0.15, 0.2) is 11.1 Å². The third kappa shape index (κ3) is 9.03. The van der Waals surface area contributed by atoms with Crippen LogP contribution >= 0.6 is 23.5 Å².